The van der Waals surface area contributed by atoms with Gasteiger partial charge in [-0.3, -0.25) is 4.57 Å². The summed E-state index contributed by atoms with van der Waals surface area (Å²) in [5, 5.41) is 22.0. The Hall–Kier alpha value is -4.69. The minimum Gasteiger partial charge on any atom is -0.489 e. The fourth-order valence-electron chi connectivity index (χ4n) is 3.50. The molecular weight excluding hydrogens is 487 g/mol. The highest BCUT2D eigenvalue weighted by atomic mass is 19.4. The summed E-state index contributed by atoms with van der Waals surface area (Å²) in [5.41, 5.74) is -1.05. The highest BCUT2D eigenvalue weighted by Gasteiger charge is 2.41. The molecule has 0 amide bonds. The van der Waals surface area contributed by atoms with Gasteiger partial charge in [-0.1, -0.05) is 5.10 Å². The van der Waals surface area contributed by atoms with E-state index in [-0.39, 0.29) is 30.2 Å². The van der Waals surface area contributed by atoms with Crippen LogP contribution in [0.5, 0.6) is 23.5 Å². The smallest absolute Gasteiger partial charge is 0.416 e. The first kappa shape index (κ1) is 23.1. The molecule has 0 aliphatic carbocycles. The Morgan fingerprint density at radius 1 is 1.14 bits per heavy atom. The number of aromatic nitrogens is 6. The van der Waals surface area contributed by atoms with Gasteiger partial charge in [0, 0.05) is 4.98 Å². The van der Waals surface area contributed by atoms with Gasteiger partial charge < -0.3 is 24.3 Å². The van der Waals surface area contributed by atoms with Crippen LogP contribution < -0.4 is 14.2 Å². The number of nitro groups is 1. The van der Waals surface area contributed by atoms with Crippen LogP contribution in [0.25, 0.3) is 5.69 Å². The van der Waals surface area contributed by atoms with Crippen LogP contribution in [0.4, 0.5) is 19.0 Å². The molecule has 3 heterocycles. The van der Waals surface area contributed by atoms with Gasteiger partial charge in [0.1, 0.15) is 24.3 Å². The molecule has 15 heteroatoms. The molecule has 186 valence electrons. The highest BCUT2D eigenvalue weighted by molar-refractivity contribution is 5.39. The van der Waals surface area contributed by atoms with Crippen LogP contribution in [0.15, 0.2) is 54.7 Å². The normalized spacial score (nSPS) is 16.9. The number of halogens is 3. The van der Waals surface area contributed by atoms with Crippen molar-refractivity contribution in [3.8, 4) is 29.2 Å². The molecule has 0 spiro atoms. The van der Waals surface area contributed by atoms with E-state index in [0.717, 1.165) is 12.1 Å². The summed E-state index contributed by atoms with van der Waals surface area (Å²) < 4.78 is 58.2. The van der Waals surface area contributed by atoms with Crippen molar-refractivity contribution in [2.24, 2.45) is 0 Å². The monoisotopic (exact) mass is 503 g/mol. The van der Waals surface area contributed by atoms with E-state index >= 15 is 0 Å². The summed E-state index contributed by atoms with van der Waals surface area (Å²) in [7, 11) is 0. The second-order valence-corrected chi connectivity index (χ2v) is 8.10. The first-order chi connectivity index (χ1) is 17.1. The number of rotatable bonds is 7. The predicted octanol–water partition coefficient (Wildman–Crippen LogP) is 3.81. The van der Waals surface area contributed by atoms with Crippen molar-refractivity contribution in [3.63, 3.8) is 0 Å². The summed E-state index contributed by atoms with van der Waals surface area (Å²) >= 11 is 0. The third kappa shape index (κ3) is 4.62. The van der Waals surface area contributed by atoms with Gasteiger partial charge in [0.05, 0.1) is 17.8 Å². The number of fused-ring (bicyclic) bond motifs is 1. The minimum absolute atomic E-state index is 0.0428. The average molecular weight is 503 g/mol. The van der Waals surface area contributed by atoms with E-state index in [0.29, 0.717) is 18.0 Å². The molecule has 0 bridgehead atoms. The Bertz CT molecular complexity index is 1380. The molecule has 1 aliphatic rings. The van der Waals surface area contributed by atoms with E-state index in [1.54, 1.807) is 35.8 Å². The predicted molar refractivity (Wildman–Crippen MR) is 114 cm³/mol. The van der Waals surface area contributed by atoms with Crippen LogP contribution in [-0.2, 0) is 12.7 Å². The number of alkyl halides is 3. The van der Waals surface area contributed by atoms with Crippen LogP contribution in [0.2, 0.25) is 0 Å². The molecule has 0 fully saturated rings. The second-order valence-electron chi connectivity index (χ2n) is 8.10. The Morgan fingerprint density at radius 3 is 2.47 bits per heavy atom. The van der Waals surface area contributed by atoms with Gasteiger partial charge in [0.15, 0.2) is 5.60 Å². The molecule has 4 aromatic rings. The lowest BCUT2D eigenvalue weighted by atomic mass is 10.1. The fraction of sp³-hybridized carbons (Fsp3) is 0.238. The lowest BCUT2D eigenvalue weighted by Crippen LogP contribution is -2.38. The summed E-state index contributed by atoms with van der Waals surface area (Å²) in [6, 6.07) is 10.9. The summed E-state index contributed by atoms with van der Waals surface area (Å²) in [4.78, 5) is 14.1. The molecule has 12 nitrogen and oxygen atoms in total. The van der Waals surface area contributed by atoms with Gasteiger partial charge in [-0.2, -0.15) is 17.9 Å². The molecule has 2 aromatic carbocycles. The minimum atomic E-state index is -4.45. The number of hydrogen-bond donors (Lipinski definition) is 0. The van der Waals surface area contributed by atoms with Crippen LogP contribution in [0.1, 0.15) is 12.5 Å². The van der Waals surface area contributed by atoms with Gasteiger partial charge in [0.2, 0.25) is 0 Å². The summed E-state index contributed by atoms with van der Waals surface area (Å²) in [6.45, 7) is 2.28. The fourth-order valence-corrected chi connectivity index (χ4v) is 3.50. The maximum Gasteiger partial charge on any atom is 0.416 e. The summed E-state index contributed by atoms with van der Waals surface area (Å²) in [6.07, 6.45) is -3.14. The zero-order valence-electron chi connectivity index (χ0n) is 18.4. The Labute approximate surface area is 200 Å². The van der Waals surface area contributed by atoms with Crippen molar-refractivity contribution in [1.29, 1.82) is 0 Å². The molecule has 0 saturated carbocycles. The van der Waals surface area contributed by atoms with E-state index in [2.05, 4.69) is 20.5 Å². The van der Waals surface area contributed by atoms with Crippen molar-refractivity contribution < 1.29 is 32.3 Å². The van der Waals surface area contributed by atoms with E-state index in [4.69, 9.17) is 14.2 Å². The Kier molecular flexibility index (Phi) is 5.45. The number of benzene rings is 2. The first-order valence-electron chi connectivity index (χ1n) is 10.4. The Morgan fingerprint density at radius 2 is 1.83 bits per heavy atom. The highest BCUT2D eigenvalue weighted by Crippen LogP contribution is 2.33. The van der Waals surface area contributed by atoms with Crippen LogP contribution >= 0.6 is 0 Å². The molecule has 2 aromatic heterocycles. The first-order valence-corrected chi connectivity index (χ1v) is 10.4. The van der Waals surface area contributed by atoms with E-state index in [1.165, 1.54) is 23.0 Å². The number of tetrazole rings is 1. The average Bonchev–Trinajstić information content (AvgIpc) is 3.52. The molecule has 1 aliphatic heterocycles. The molecule has 0 radical (unpaired) electrons. The van der Waals surface area contributed by atoms with Crippen LogP contribution in [-0.4, -0.2) is 46.9 Å². The molecule has 36 heavy (non-hydrogen) atoms. The molecule has 5 rings (SSSR count). The largest absolute Gasteiger partial charge is 0.489 e. The molecule has 0 saturated heterocycles. The van der Waals surface area contributed by atoms with Gasteiger partial charge in [0.25, 0.3) is 0 Å². The zero-order chi connectivity index (χ0) is 25.5. The number of hydrogen-bond acceptors (Lipinski definition) is 9. The third-order valence-corrected chi connectivity index (χ3v) is 5.21. The lowest BCUT2D eigenvalue weighted by Gasteiger charge is -2.22. The topological polar surface area (TPSA) is 132 Å². The third-order valence-electron chi connectivity index (χ3n) is 5.21. The van der Waals surface area contributed by atoms with Crippen molar-refractivity contribution in [1.82, 2.24) is 29.8 Å². The molecule has 0 N–H and O–H groups in total. The zero-order valence-corrected chi connectivity index (χ0v) is 18.4. The number of imidazole rings is 1. The van der Waals surface area contributed by atoms with E-state index in [9.17, 15) is 23.3 Å². The Balaban J connectivity index is 1.22. The lowest BCUT2D eigenvalue weighted by molar-refractivity contribution is -0.389. The maximum atomic E-state index is 12.7. The van der Waals surface area contributed by atoms with Crippen molar-refractivity contribution in [2.45, 2.75) is 25.2 Å². The van der Waals surface area contributed by atoms with Gasteiger partial charge >= 0.3 is 24.0 Å². The van der Waals surface area contributed by atoms with Crippen LogP contribution in [0, 0.1) is 10.1 Å². The van der Waals surface area contributed by atoms with Crippen molar-refractivity contribution >= 4 is 5.82 Å². The van der Waals surface area contributed by atoms with Crippen molar-refractivity contribution in [2.75, 3.05) is 6.61 Å². The van der Waals surface area contributed by atoms with E-state index in [1.807, 2.05) is 0 Å². The van der Waals surface area contributed by atoms with E-state index < -0.39 is 22.3 Å². The number of nitrogens with zero attached hydrogens (tertiary/aromatic N) is 7. The standard InChI is InChI=1S/C21H16F3N7O5/c1-20(11-29-10-17(31(32)33)25-18(29)36-20)12-34-15-8-4-14(5-9-15)30-19(26-27-28-30)35-16-6-2-13(3-7-16)21(22,23)24/h2-10H,11-12H2,1H3/t20-/m1/s1. The SMILES string of the molecule is C[C@]1(COc2ccc(-n3nnnc3Oc3ccc(C(F)(F)F)cc3)cc2)Cn2cc([N+](=O)[O-])nc2O1. The van der Waals surface area contributed by atoms with Gasteiger partial charge in [-0.25, -0.2) is 0 Å². The molecule has 1 atom stereocenters. The van der Waals surface area contributed by atoms with Crippen molar-refractivity contribution in [3.05, 3.63) is 70.4 Å². The molecular formula is C21H16F3N7O5. The maximum absolute atomic E-state index is 12.7. The summed E-state index contributed by atoms with van der Waals surface area (Å²) in [5.74, 6) is 0.360. The quantitative estimate of drug-likeness (QED) is 0.273. The number of ether oxygens (including phenoxy) is 3. The van der Waals surface area contributed by atoms with Crippen LogP contribution in [0.3, 0.4) is 0 Å². The molecule has 0 unspecified atom stereocenters. The van der Waals surface area contributed by atoms with Gasteiger partial charge in [-0.05, 0) is 70.8 Å². The second kappa shape index (κ2) is 8.51. The van der Waals surface area contributed by atoms with Gasteiger partial charge in [-0.15, -0.1) is 0 Å².